The lowest BCUT2D eigenvalue weighted by atomic mass is 9.51. The topological polar surface area (TPSA) is 69.9 Å². The Balaban J connectivity index is 2.54. The van der Waals surface area contributed by atoms with Crippen LogP contribution in [0.3, 0.4) is 0 Å². The molecule has 0 aliphatic carbocycles. The van der Waals surface area contributed by atoms with Crippen LogP contribution in [0.25, 0.3) is 0 Å². The van der Waals surface area contributed by atoms with E-state index in [4.69, 9.17) is 4.74 Å². The number of benzene rings is 3. The van der Waals surface area contributed by atoms with Crippen molar-refractivity contribution in [2.45, 2.75) is 31.3 Å². The predicted molar refractivity (Wildman–Crippen MR) is 128 cm³/mol. The van der Waals surface area contributed by atoms with E-state index in [0.717, 1.165) is 23.1 Å². The maximum atomic E-state index is 10.6. The first-order valence-electron chi connectivity index (χ1n) is 11.2. The zero-order chi connectivity index (χ0) is 23.1. The monoisotopic (exact) mass is 434 g/mol. The summed E-state index contributed by atoms with van der Waals surface area (Å²) in [5, 5.41) is 31.8. The van der Waals surface area contributed by atoms with Crippen molar-refractivity contribution in [2.24, 2.45) is 5.41 Å². The van der Waals surface area contributed by atoms with Crippen LogP contribution in [0, 0.1) is 5.41 Å². The average molecular weight is 435 g/mol. The summed E-state index contributed by atoms with van der Waals surface area (Å²) in [5.74, 6) is 0. The van der Waals surface area contributed by atoms with E-state index in [2.05, 4.69) is 0 Å². The van der Waals surface area contributed by atoms with Crippen molar-refractivity contribution in [1.29, 1.82) is 0 Å². The van der Waals surface area contributed by atoms with Gasteiger partial charge in [0.05, 0.1) is 36.3 Å². The van der Waals surface area contributed by atoms with Crippen LogP contribution >= 0.6 is 0 Å². The summed E-state index contributed by atoms with van der Waals surface area (Å²) in [6.07, 6.45) is 0.752. The molecule has 4 nitrogen and oxygen atoms in total. The van der Waals surface area contributed by atoms with Crippen molar-refractivity contribution in [3.8, 4) is 0 Å². The molecular weight excluding hydrogens is 400 g/mol. The van der Waals surface area contributed by atoms with Gasteiger partial charge in [-0.15, -0.1) is 0 Å². The molecule has 1 unspecified atom stereocenters. The lowest BCUT2D eigenvalue weighted by Gasteiger charge is -2.57. The molecule has 0 saturated heterocycles. The third kappa shape index (κ3) is 3.78. The summed E-state index contributed by atoms with van der Waals surface area (Å²) in [6, 6.07) is 30.1. The highest BCUT2D eigenvalue weighted by molar-refractivity contribution is 5.55. The number of aliphatic hydroxyl groups excluding tert-OH is 3. The summed E-state index contributed by atoms with van der Waals surface area (Å²) in [5.41, 5.74) is -0.607. The van der Waals surface area contributed by atoms with Crippen molar-refractivity contribution in [3.63, 3.8) is 0 Å². The zero-order valence-corrected chi connectivity index (χ0v) is 18.9. The average Bonchev–Trinajstić information content (AvgIpc) is 2.86. The van der Waals surface area contributed by atoms with E-state index >= 15 is 0 Å². The molecule has 0 aliphatic heterocycles. The Bertz CT molecular complexity index is 834. The summed E-state index contributed by atoms with van der Waals surface area (Å²) in [6.45, 7) is 3.04. The molecule has 0 amide bonds. The van der Waals surface area contributed by atoms with Crippen LogP contribution in [0.4, 0.5) is 0 Å². The lowest BCUT2D eigenvalue weighted by molar-refractivity contribution is -0.198. The Hall–Kier alpha value is -2.50. The second-order valence-electron chi connectivity index (χ2n) is 8.48. The van der Waals surface area contributed by atoms with E-state index in [0.29, 0.717) is 6.61 Å². The van der Waals surface area contributed by atoms with E-state index < -0.39 is 36.3 Å². The molecule has 3 aromatic carbocycles. The Morgan fingerprint density at radius 2 is 0.969 bits per heavy atom. The van der Waals surface area contributed by atoms with Gasteiger partial charge in [0.25, 0.3) is 0 Å². The van der Waals surface area contributed by atoms with Crippen LogP contribution in [0.15, 0.2) is 91.0 Å². The molecule has 3 rings (SSSR count). The predicted octanol–water partition coefficient (Wildman–Crippen LogP) is 4.17. The first-order chi connectivity index (χ1) is 15.6. The fourth-order valence-corrected chi connectivity index (χ4v) is 4.96. The minimum atomic E-state index is -1.33. The Morgan fingerprint density at radius 3 is 1.25 bits per heavy atom. The van der Waals surface area contributed by atoms with Crippen molar-refractivity contribution in [2.75, 3.05) is 26.4 Å². The standard InChI is InChI=1S/C28H34O4/c1-3-19-32-26(2,27(20-29,21-30)22-31)28(23-13-7-4-8-14-23,24-15-9-5-10-16-24)25-17-11-6-12-18-25/h4-18,29-31H,3,19-22H2,1-2H3. The molecule has 0 bridgehead atoms. The van der Waals surface area contributed by atoms with Gasteiger partial charge in [-0.25, -0.2) is 0 Å². The SMILES string of the molecule is CCCOC(C)(C(CO)(CO)CO)C(c1ccccc1)(c1ccccc1)c1ccccc1. The highest BCUT2D eigenvalue weighted by Gasteiger charge is 2.63. The largest absolute Gasteiger partial charge is 0.395 e. The van der Waals surface area contributed by atoms with Gasteiger partial charge in [0.1, 0.15) is 0 Å². The lowest BCUT2D eigenvalue weighted by Crippen LogP contribution is -2.67. The summed E-state index contributed by atoms with van der Waals surface area (Å²) in [7, 11) is 0. The molecule has 3 N–H and O–H groups in total. The molecule has 0 aliphatic rings. The molecule has 0 radical (unpaired) electrons. The van der Waals surface area contributed by atoms with Gasteiger partial charge < -0.3 is 20.1 Å². The molecule has 3 aromatic rings. The van der Waals surface area contributed by atoms with Crippen molar-refractivity contribution in [3.05, 3.63) is 108 Å². The third-order valence-electron chi connectivity index (χ3n) is 6.85. The summed E-state index contributed by atoms with van der Waals surface area (Å²) >= 11 is 0. The van der Waals surface area contributed by atoms with Crippen LogP contribution in [0.5, 0.6) is 0 Å². The molecule has 0 fully saturated rings. The van der Waals surface area contributed by atoms with Crippen LogP contribution in [0.2, 0.25) is 0 Å². The third-order valence-corrected chi connectivity index (χ3v) is 6.85. The normalized spacial score (nSPS) is 14.2. The molecule has 170 valence electrons. The van der Waals surface area contributed by atoms with Crippen LogP contribution < -0.4 is 0 Å². The Kier molecular flexibility index (Phi) is 7.86. The van der Waals surface area contributed by atoms with E-state index in [9.17, 15) is 15.3 Å². The number of hydrogen-bond acceptors (Lipinski definition) is 4. The van der Waals surface area contributed by atoms with Gasteiger partial charge in [0.2, 0.25) is 0 Å². The highest BCUT2D eigenvalue weighted by Crippen LogP contribution is 2.56. The second-order valence-corrected chi connectivity index (χ2v) is 8.48. The van der Waals surface area contributed by atoms with Gasteiger partial charge in [-0.2, -0.15) is 0 Å². The van der Waals surface area contributed by atoms with Crippen LogP contribution in [-0.2, 0) is 10.2 Å². The first kappa shape index (κ1) is 24.1. The van der Waals surface area contributed by atoms with E-state index in [1.165, 1.54) is 0 Å². The van der Waals surface area contributed by atoms with E-state index in [1.807, 2.05) is 105 Å². The smallest absolute Gasteiger partial charge is 0.0953 e. The van der Waals surface area contributed by atoms with Gasteiger partial charge in [-0.3, -0.25) is 0 Å². The van der Waals surface area contributed by atoms with Crippen LogP contribution in [-0.4, -0.2) is 47.3 Å². The van der Waals surface area contributed by atoms with Crippen molar-refractivity contribution in [1.82, 2.24) is 0 Å². The van der Waals surface area contributed by atoms with E-state index in [-0.39, 0.29) is 0 Å². The number of ether oxygens (including phenoxy) is 1. The summed E-state index contributed by atoms with van der Waals surface area (Å²) < 4.78 is 6.67. The second kappa shape index (κ2) is 10.4. The maximum Gasteiger partial charge on any atom is 0.0953 e. The minimum absolute atomic E-state index is 0.409. The van der Waals surface area contributed by atoms with E-state index in [1.54, 1.807) is 0 Å². The quantitative estimate of drug-likeness (QED) is 0.396. The number of hydrogen-bond donors (Lipinski definition) is 3. The fourth-order valence-electron chi connectivity index (χ4n) is 4.96. The van der Waals surface area contributed by atoms with Gasteiger partial charge in [-0.05, 0) is 30.0 Å². The molecule has 0 heterocycles. The van der Waals surface area contributed by atoms with Crippen molar-refractivity contribution < 1.29 is 20.1 Å². The molecular formula is C28H34O4. The Morgan fingerprint density at radius 1 is 0.625 bits per heavy atom. The molecule has 32 heavy (non-hydrogen) atoms. The first-order valence-corrected chi connectivity index (χ1v) is 11.2. The van der Waals surface area contributed by atoms with Crippen LogP contribution in [0.1, 0.15) is 37.0 Å². The zero-order valence-electron chi connectivity index (χ0n) is 18.9. The number of aliphatic hydroxyl groups is 3. The Labute approximate surface area is 191 Å². The van der Waals surface area contributed by atoms with Crippen molar-refractivity contribution >= 4 is 0 Å². The fraction of sp³-hybridized carbons (Fsp3) is 0.357. The molecule has 1 atom stereocenters. The van der Waals surface area contributed by atoms with Gasteiger partial charge >= 0.3 is 0 Å². The summed E-state index contributed by atoms with van der Waals surface area (Å²) in [4.78, 5) is 0. The maximum absolute atomic E-state index is 10.6. The molecule has 4 heteroatoms. The molecule has 0 spiro atoms. The molecule has 0 saturated carbocycles. The van der Waals surface area contributed by atoms with Gasteiger partial charge in [-0.1, -0.05) is 97.9 Å². The molecule has 0 aromatic heterocycles. The number of rotatable bonds is 11. The highest BCUT2D eigenvalue weighted by atomic mass is 16.5. The minimum Gasteiger partial charge on any atom is -0.395 e. The van der Waals surface area contributed by atoms with Gasteiger partial charge in [0.15, 0.2) is 0 Å². The van der Waals surface area contributed by atoms with Gasteiger partial charge in [0, 0.05) is 6.61 Å².